The van der Waals surface area contributed by atoms with Crippen molar-refractivity contribution in [3.05, 3.63) is 0 Å². The molecular weight excluding hydrogens is 249 g/mol. The third kappa shape index (κ3) is 1.80. The largest absolute Gasteiger partial charge is 0.417 e. The molecule has 3 atom stereocenters. The molecule has 0 aliphatic carbocycles. The lowest BCUT2D eigenvalue weighted by atomic mass is 9.80. The van der Waals surface area contributed by atoms with Crippen molar-refractivity contribution < 1.29 is 23.1 Å². The van der Waals surface area contributed by atoms with Crippen LogP contribution in [0, 0.1) is 0 Å². The van der Waals surface area contributed by atoms with E-state index < -0.39 is 36.2 Å². The molecule has 0 unspecified atom stereocenters. The number of piperidine rings is 1. The van der Waals surface area contributed by atoms with E-state index in [4.69, 9.17) is 0 Å². The van der Waals surface area contributed by atoms with Crippen LogP contribution in [0.15, 0.2) is 0 Å². The van der Waals surface area contributed by atoms with Crippen molar-refractivity contribution in [2.75, 3.05) is 6.54 Å². The van der Waals surface area contributed by atoms with E-state index in [0.717, 1.165) is 0 Å². The highest BCUT2D eigenvalue weighted by Gasteiger charge is 2.64. The van der Waals surface area contributed by atoms with Gasteiger partial charge in [-0.2, -0.15) is 13.2 Å². The van der Waals surface area contributed by atoms with Gasteiger partial charge in [-0.1, -0.05) is 6.92 Å². The Morgan fingerprint density at radius 3 is 2.67 bits per heavy atom. The summed E-state index contributed by atoms with van der Waals surface area (Å²) >= 11 is 0. The monoisotopic (exact) mass is 266 g/mol. The van der Waals surface area contributed by atoms with Crippen molar-refractivity contribution in [1.29, 1.82) is 0 Å². The van der Waals surface area contributed by atoms with Gasteiger partial charge in [-0.15, -0.1) is 0 Å². The number of carbonyl (C=O) groups is 1. The Labute approximate surface area is 103 Å². The average molecular weight is 266 g/mol. The second kappa shape index (κ2) is 3.84. The molecule has 4 nitrogen and oxygen atoms in total. The first kappa shape index (κ1) is 13.6. The van der Waals surface area contributed by atoms with Crippen LogP contribution in [0.2, 0.25) is 0 Å². The van der Waals surface area contributed by atoms with E-state index in [2.05, 4.69) is 5.32 Å². The number of aliphatic hydroxyl groups is 1. The highest BCUT2D eigenvalue weighted by atomic mass is 19.4. The number of alkyl halides is 3. The van der Waals surface area contributed by atoms with Gasteiger partial charge in [0.2, 0.25) is 5.91 Å². The first-order valence-electron chi connectivity index (χ1n) is 6.01. The standard InChI is InChI=1S/C11H17F3N2O2/c1-3-10-6-9(18,11(12,13)14)4-8(17)16(10)5-7(2)15-10/h7,15,18H,3-6H2,1-2H3/t7-,9+,10+/m1/s1. The quantitative estimate of drug-likeness (QED) is 0.744. The molecule has 0 spiro atoms. The SMILES string of the molecule is CC[C@@]12C[C@](O)(C(F)(F)F)CC(=O)N1C[C@@H](C)N2. The van der Waals surface area contributed by atoms with Crippen LogP contribution in [0.3, 0.4) is 0 Å². The number of halogens is 3. The molecule has 7 heteroatoms. The lowest BCUT2D eigenvalue weighted by molar-refractivity contribution is -0.280. The number of hydrogen-bond acceptors (Lipinski definition) is 3. The molecule has 18 heavy (non-hydrogen) atoms. The Morgan fingerprint density at radius 1 is 1.56 bits per heavy atom. The number of carbonyl (C=O) groups excluding carboxylic acids is 1. The maximum Gasteiger partial charge on any atom is 0.417 e. The first-order chi connectivity index (χ1) is 8.13. The van der Waals surface area contributed by atoms with Gasteiger partial charge >= 0.3 is 6.18 Å². The molecule has 2 fully saturated rings. The summed E-state index contributed by atoms with van der Waals surface area (Å²) in [6.07, 6.45) is -5.84. The fourth-order valence-corrected chi connectivity index (χ4v) is 3.03. The average Bonchev–Trinajstić information content (AvgIpc) is 2.54. The minimum Gasteiger partial charge on any atom is -0.380 e. The van der Waals surface area contributed by atoms with Crippen molar-refractivity contribution in [2.24, 2.45) is 0 Å². The molecule has 2 aliphatic rings. The fourth-order valence-electron chi connectivity index (χ4n) is 3.03. The van der Waals surface area contributed by atoms with E-state index in [1.54, 1.807) is 6.92 Å². The molecule has 0 saturated carbocycles. The molecule has 1 amide bonds. The van der Waals surface area contributed by atoms with Crippen LogP contribution in [0.5, 0.6) is 0 Å². The summed E-state index contributed by atoms with van der Waals surface area (Å²) in [5.74, 6) is -0.639. The minimum absolute atomic E-state index is 0.0653. The Bertz CT molecular complexity index is 374. The molecule has 2 heterocycles. The van der Waals surface area contributed by atoms with Crippen LogP contribution in [0.1, 0.15) is 33.1 Å². The molecule has 104 valence electrons. The van der Waals surface area contributed by atoms with Crippen LogP contribution in [-0.4, -0.2) is 45.9 Å². The molecule has 2 N–H and O–H groups in total. The fraction of sp³-hybridized carbons (Fsp3) is 0.909. The first-order valence-corrected chi connectivity index (χ1v) is 6.01. The van der Waals surface area contributed by atoms with Gasteiger partial charge in [0.15, 0.2) is 5.60 Å². The zero-order valence-corrected chi connectivity index (χ0v) is 10.3. The summed E-state index contributed by atoms with van der Waals surface area (Å²) in [5, 5.41) is 12.8. The van der Waals surface area contributed by atoms with Gasteiger partial charge < -0.3 is 10.0 Å². The molecule has 0 aromatic rings. The van der Waals surface area contributed by atoms with Gasteiger partial charge in [-0.25, -0.2) is 0 Å². The number of hydrogen-bond donors (Lipinski definition) is 2. The third-order valence-electron chi connectivity index (χ3n) is 3.93. The maximum atomic E-state index is 12.9. The normalized spacial score (nSPS) is 41.1. The highest BCUT2D eigenvalue weighted by molar-refractivity contribution is 5.80. The van der Waals surface area contributed by atoms with E-state index in [1.165, 1.54) is 4.90 Å². The molecule has 2 saturated heterocycles. The van der Waals surface area contributed by atoms with Gasteiger partial charge in [0.05, 0.1) is 12.1 Å². The Balaban J connectivity index is 2.38. The van der Waals surface area contributed by atoms with Gasteiger partial charge in [-0.05, 0) is 13.3 Å². The molecule has 0 aromatic heterocycles. The van der Waals surface area contributed by atoms with E-state index in [9.17, 15) is 23.1 Å². The molecule has 0 aromatic carbocycles. The van der Waals surface area contributed by atoms with E-state index in [-0.39, 0.29) is 6.04 Å². The summed E-state index contributed by atoms with van der Waals surface area (Å²) in [7, 11) is 0. The Morgan fingerprint density at radius 2 is 2.17 bits per heavy atom. The molecule has 0 radical (unpaired) electrons. The van der Waals surface area contributed by atoms with Crippen LogP contribution >= 0.6 is 0 Å². The number of fused-ring (bicyclic) bond motifs is 1. The summed E-state index contributed by atoms with van der Waals surface area (Å²) in [6.45, 7) is 3.92. The maximum absolute atomic E-state index is 12.9. The molecular formula is C11H17F3N2O2. The zero-order valence-electron chi connectivity index (χ0n) is 10.3. The third-order valence-corrected chi connectivity index (χ3v) is 3.93. The predicted octanol–water partition coefficient (Wildman–Crippen LogP) is 1.00. The van der Waals surface area contributed by atoms with Gasteiger partial charge in [0.25, 0.3) is 0 Å². The predicted molar refractivity (Wildman–Crippen MR) is 57.6 cm³/mol. The van der Waals surface area contributed by atoms with Crippen molar-refractivity contribution >= 4 is 5.91 Å². The topological polar surface area (TPSA) is 52.6 Å². The molecule has 0 bridgehead atoms. The van der Waals surface area contributed by atoms with Crippen molar-refractivity contribution in [3.8, 4) is 0 Å². The van der Waals surface area contributed by atoms with Gasteiger partial charge in [-0.3, -0.25) is 10.1 Å². The number of rotatable bonds is 1. The lowest BCUT2D eigenvalue weighted by Gasteiger charge is -2.48. The van der Waals surface area contributed by atoms with Crippen molar-refractivity contribution in [2.45, 2.75) is 56.6 Å². The smallest absolute Gasteiger partial charge is 0.380 e. The second-order valence-electron chi connectivity index (χ2n) is 5.32. The van der Waals surface area contributed by atoms with Gasteiger partial charge in [0, 0.05) is 19.0 Å². The van der Waals surface area contributed by atoms with E-state index in [0.29, 0.717) is 13.0 Å². The van der Waals surface area contributed by atoms with Crippen LogP contribution in [-0.2, 0) is 4.79 Å². The highest BCUT2D eigenvalue weighted by Crippen LogP contribution is 2.46. The summed E-state index contributed by atoms with van der Waals surface area (Å²) < 4.78 is 38.7. The lowest BCUT2D eigenvalue weighted by Crippen LogP contribution is -2.66. The van der Waals surface area contributed by atoms with Crippen LogP contribution < -0.4 is 5.32 Å². The van der Waals surface area contributed by atoms with Crippen LogP contribution in [0.4, 0.5) is 13.2 Å². The van der Waals surface area contributed by atoms with Crippen LogP contribution in [0.25, 0.3) is 0 Å². The molecule has 2 aliphatic heterocycles. The van der Waals surface area contributed by atoms with Gasteiger partial charge in [0.1, 0.15) is 0 Å². The molecule has 2 rings (SSSR count). The second-order valence-corrected chi connectivity index (χ2v) is 5.32. The summed E-state index contributed by atoms with van der Waals surface area (Å²) in [4.78, 5) is 13.3. The summed E-state index contributed by atoms with van der Waals surface area (Å²) in [5.41, 5.74) is -3.99. The van der Waals surface area contributed by atoms with Crippen molar-refractivity contribution in [3.63, 3.8) is 0 Å². The van der Waals surface area contributed by atoms with Crippen molar-refractivity contribution in [1.82, 2.24) is 10.2 Å². The zero-order chi connectivity index (χ0) is 13.8. The Hall–Kier alpha value is -0.820. The van der Waals surface area contributed by atoms with E-state index >= 15 is 0 Å². The Kier molecular flexibility index (Phi) is 2.90. The minimum atomic E-state index is -4.79. The number of amides is 1. The summed E-state index contributed by atoms with van der Waals surface area (Å²) in [6, 6.07) is -0.0653. The number of nitrogens with zero attached hydrogens (tertiary/aromatic N) is 1. The van der Waals surface area contributed by atoms with E-state index in [1.807, 2.05) is 6.92 Å². The number of nitrogens with one attached hydrogen (secondary N) is 1.